The molecule has 2 atom stereocenters. The van der Waals surface area contributed by atoms with E-state index in [0.29, 0.717) is 6.42 Å². The van der Waals surface area contributed by atoms with Crippen LogP contribution in [0.15, 0.2) is 11.6 Å². The van der Waals surface area contributed by atoms with Crippen LogP contribution in [0.1, 0.15) is 33.1 Å². The summed E-state index contributed by atoms with van der Waals surface area (Å²) in [7, 11) is 0. The predicted octanol–water partition coefficient (Wildman–Crippen LogP) is 1.18. The van der Waals surface area contributed by atoms with Crippen LogP contribution in [0.2, 0.25) is 0 Å². The molecule has 4 nitrogen and oxygen atoms in total. The van der Waals surface area contributed by atoms with Crippen molar-refractivity contribution >= 4 is 5.97 Å². The highest BCUT2D eigenvalue weighted by atomic mass is 16.4. The van der Waals surface area contributed by atoms with Crippen molar-refractivity contribution in [3.8, 4) is 0 Å². The first-order valence-electron chi connectivity index (χ1n) is 5.23. The number of carboxylic acid groups (broad SMARTS) is 1. The predicted molar refractivity (Wildman–Crippen MR) is 57.5 cm³/mol. The number of hydrogen-bond donors (Lipinski definition) is 3. The van der Waals surface area contributed by atoms with E-state index in [1.165, 1.54) is 13.0 Å². The second kappa shape index (κ2) is 7.43. The van der Waals surface area contributed by atoms with Gasteiger partial charge in [-0.1, -0.05) is 19.8 Å². The van der Waals surface area contributed by atoms with Crippen LogP contribution in [0.5, 0.6) is 0 Å². The fourth-order valence-corrected chi connectivity index (χ4v) is 1.30. The highest BCUT2D eigenvalue weighted by Crippen LogP contribution is 2.14. The van der Waals surface area contributed by atoms with Crippen molar-refractivity contribution in [1.29, 1.82) is 0 Å². The van der Waals surface area contributed by atoms with Crippen LogP contribution in [0.25, 0.3) is 0 Å². The molecule has 0 saturated heterocycles. The van der Waals surface area contributed by atoms with E-state index in [9.17, 15) is 9.90 Å². The fourth-order valence-electron chi connectivity index (χ4n) is 1.30. The molecule has 0 saturated carbocycles. The van der Waals surface area contributed by atoms with Crippen LogP contribution in [-0.4, -0.2) is 34.0 Å². The number of hydrogen-bond acceptors (Lipinski definition) is 3. The molecule has 0 aromatic carbocycles. The van der Waals surface area contributed by atoms with Crippen molar-refractivity contribution < 1.29 is 20.1 Å². The van der Waals surface area contributed by atoms with E-state index in [-0.39, 0.29) is 18.1 Å². The van der Waals surface area contributed by atoms with Crippen molar-refractivity contribution in [2.45, 2.75) is 39.2 Å². The molecular weight excluding hydrogens is 196 g/mol. The largest absolute Gasteiger partial charge is 0.478 e. The summed E-state index contributed by atoms with van der Waals surface area (Å²) in [5, 5.41) is 27.3. The van der Waals surface area contributed by atoms with Gasteiger partial charge in [0.05, 0.1) is 6.10 Å². The van der Waals surface area contributed by atoms with Crippen LogP contribution in [-0.2, 0) is 4.79 Å². The normalized spacial score (nSPS) is 16.1. The number of carboxylic acids is 1. The lowest BCUT2D eigenvalue weighted by Gasteiger charge is -2.17. The van der Waals surface area contributed by atoms with Gasteiger partial charge in [0.2, 0.25) is 0 Å². The Labute approximate surface area is 90.2 Å². The maximum Gasteiger partial charge on any atom is 0.331 e. The van der Waals surface area contributed by atoms with Gasteiger partial charge in [-0.2, -0.15) is 0 Å². The molecule has 0 bridgehead atoms. The Hall–Kier alpha value is -0.870. The van der Waals surface area contributed by atoms with Gasteiger partial charge in [-0.15, -0.1) is 0 Å². The third-order valence-corrected chi connectivity index (χ3v) is 2.40. The number of aliphatic carboxylic acids is 1. The Balaban J connectivity index is 4.31. The smallest absolute Gasteiger partial charge is 0.331 e. The Morgan fingerprint density at radius 2 is 2.07 bits per heavy atom. The number of aliphatic hydroxyl groups is 2. The molecule has 0 spiro atoms. The van der Waals surface area contributed by atoms with Gasteiger partial charge >= 0.3 is 5.97 Å². The summed E-state index contributed by atoms with van der Waals surface area (Å²) in [6.07, 6.45) is 3.03. The lowest BCUT2D eigenvalue weighted by molar-refractivity contribution is -0.132. The zero-order chi connectivity index (χ0) is 11.8. The first kappa shape index (κ1) is 14.1. The van der Waals surface area contributed by atoms with Crippen LogP contribution in [0.3, 0.4) is 0 Å². The average Bonchev–Trinajstić information content (AvgIpc) is 2.18. The molecule has 0 heterocycles. The monoisotopic (exact) mass is 216 g/mol. The van der Waals surface area contributed by atoms with Crippen molar-refractivity contribution in [1.82, 2.24) is 0 Å². The molecule has 0 aliphatic rings. The van der Waals surface area contributed by atoms with Crippen LogP contribution < -0.4 is 0 Å². The van der Waals surface area contributed by atoms with Crippen molar-refractivity contribution in [3.05, 3.63) is 11.6 Å². The standard InChI is InChI=1S/C11H20O4/c1-3-4-5-9(7-12)10(13)6-8(2)11(14)15/h6,9-10,12-13H,3-5,7H2,1-2H3,(H,14,15). The van der Waals surface area contributed by atoms with Gasteiger partial charge in [-0.3, -0.25) is 0 Å². The van der Waals surface area contributed by atoms with Crippen molar-refractivity contribution in [2.75, 3.05) is 6.61 Å². The molecule has 0 aliphatic carbocycles. The molecule has 0 amide bonds. The molecular formula is C11H20O4. The summed E-state index contributed by atoms with van der Waals surface area (Å²) in [6, 6.07) is 0. The summed E-state index contributed by atoms with van der Waals surface area (Å²) in [5.41, 5.74) is 0.109. The SMILES string of the molecule is CCCCC(CO)C(O)C=C(C)C(=O)O. The lowest BCUT2D eigenvalue weighted by Crippen LogP contribution is -2.22. The third-order valence-electron chi connectivity index (χ3n) is 2.40. The number of unbranched alkanes of at least 4 members (excludes halogenated alkanes) is 1. The van der Waals surface area contributed by atoms with E-state index < -0.39 is 12.1 Å². The summed E-state index contributed by atoms with van der Waals surface area (Å²) in [4.78, 5) is 10.5. The van der Waals surface area contributed by atoms with Crippen LogP contribution >= 0.6 is 0 Å². The topological polar surface area (TPSA) is 77.8 Å². The molecule has 0 fully saturated rings. The number of carbonyl (C=O) groups is 1. The van der Waals surface area contributed by atoms with Gasteiger partial charge in [0.1, 0.15) is 0 Å². The quantitative estimate of drug-likeness (QED) is 0.558. The van der Waals surface area contributed by atoms with Crippen molar-refractivity contribution in [3.63, 3.8) is 0 Å². The molecule has 0 radical (unpaired) electrons. The minimum atomic E-state index is -1.04. The maximum atomic E-state index is 10.5. The molecule has 2 unspecified atom stereocenters. The Kier molecular flexibility index (Phi) is 6.99. The Bertz CT molecular complexity index is 223. The van der Waals surface area contributed by atoms with E-state index in [1.54, 1.807) is 0 Å². The zero-order valence-electron chi connectivity index (χ0n) is 9.31. The maximum absolute atomic E-state index is 10.5. The lowest BCUT2D eigenvalue weighted by atomic mass is 9.95. The summed E-state index contributed by atoms with van der Waals surface area (Å²) >= 11 is 0. The minimum absolute atomic E-state index is 0.109. The highest BCUT2D eigenvalue weighted by Gasteiger charge is 2.16. The van der Waals surface area contributed by atoms with Gasteiger partial charge in [-0.25, -0.2) is 4.79 Å². The van der Waals surface area contributed by atoms with Gasteiger partial charge in [-0.05, 0) is 19.4 Å². The van der Waals surface area contributed by atoms with E-state index >= 15 is 0 Å². The summed E-state index contributed by atoms with van der Waals surface area (Å²) < 4.78 is 0. The van der Waals surface area contributed by atoms with Gasteiger partial charge in [0.15, 0.2) is 0 Å². The van der Waals surface area contributed by atoms with E-state index in [0.717, 1.165) is 12.8 Å². The van der Waals surface area contributed by atoms with Crippen LogP contribution in [0.4, 0.5) is 0 Å². The second-order valence-corrected chi connectivity index (χ2v) is 3.73. The van der Waals surface area contributed by atoms with E-state index in [2.05, 4.69) is 0 Å². The Morgan fingerprint density at radius 1 is 1.47 bits per heavy atom. The minimum Gasteiger partial charge on any atom is -0.478 e. The molecule has 4 heteroatoms. The highest BCUT2D eigenvalue weighted by molar-refractivity contribution is 5.85. The van der Waals surface area contributed by atoms with Crippen molar-refractivity contribution in [2.24, 2.45) is 5.92 Å². The van der Waals surface area contributed by atoms with Gasteiger partial charge in [0.25, 0.3) is 0 Å². The molecule has 0 rings (SSSR count). The molecule has 15 heavy (non-hydrogen) atoms. The van der Waals surface area contributed by atoms with Gasteiger partial charge < -0.3 is 15.3 Å². The average molecular weight is 216 g/mol. The number of rotatable bonds is 7. The fraction of sp³-hybridized carbons (Fsp3) is 0.727. The molecule has 0 aromatic rings. The summed E-state index contributed by atoms with van der Waals surface area (Å²) in [5.74, 6) is -1.31. The van der Waals surface area contributed by atoms with Crippen LogP contribution in [0, 0.1) is 5.92 Å². The zero-order valence-corrected chi connectivity index (χ0v) is 9.31. The molecule has 3 N–H and O–H groups in total. The van der Waals surface area contributed by atoms with E-state index in [4.69, 9.17) is 10.2 Å². The second-order valence-electron chi connectivity index (χ2n) is 3.73. The molecule has 88 valence electrons. The first-order valence-corrected chi connectivity index (χ1v) is 5.23. The van der Waals surface area contributed by atoms with E-state index in [1.807, 2.05) is 6.92 Å². The Morgan fingerprint density at radius 3 is 2.47 bits per heavy atom. The molecule has 0 aromatic heterocycles. The summed E-state index contributed by atoms with van der Waals surface area (Å²) in [6.45, 7) is 3.34. The van der Waals surface area contributed by atoms with Gasteiger partial charge in [0, 0.05) is 18.1 Å². The number of aliphatic hydroxyl groups excluding tert-OH is 2. The third kappa shape index (κ3) is 5.54. The molecule has 0 aliphatic heterocycles. The first-order chi connectivity index (χ1) is 7.02.